The van der Waals surface area contributed by atoms with E-state index in [2.05, 4.69) is 5.32 Å². The average molecular weight is 216 g/mol. The number of rotatable bonds is 0. The second-order valence-electron chi connectivity index (χ2n) is 5.29. The van der Waals surface area contributed by atoms with E-state index in [1.165, 1.54) is 4.90 Å². The Morgan fingerprint density at radius 3 is 2.80 bits per heavy atom. The highest BCUT2D eigenvalue weighted by atomic mass is 19.1. The quantitative estimate of drug-likeness (QED) is 0.654. The standard InChI is InChI=1S/C10H17FN2O2/c1-9(2,3)15-8(14)13-6-10(11)5-12-4-7(10)13/h7,12H,4-6H2,1-3H3. The van der Waals surface area contributed by atoms with Gasteiger partial charge in [0, 0.05) is 13.1 Å². The summed E-state index contributed by atoms with van der Waals surface area (Å²) in [7, 11) is 0. The zero-order chi connectivity index (χ0) is 11.3. The van der Waals surface area contributed by atoms with Crippen molar-refractivity contribution in [1.82, 2.24) is 10.2 Å². The van der Waals surface area contributed by atoms with Crippen LogP contribution in [-0.2, 0) is 4.74 Å². The minimum Gasteiger partial charge on any atom is -0.444 e. The maximum Gasteiger partial charge on any atom is 0.410 e. The topological polar surface area (TPSA) is 41.6 Å². The number of ether oxygens (including phenoxy) is 1. The number of carbonyl (C=O) groups is 1. The lowest BCUT2D eigenvalue weighted by Gasteiger charge is -2.47. The van der Waals surface area contributed by atoms with Gasteiger partial charge in [-0.25, -0.2) is 9.18 Å². The van der Waals surface area contributed by atoms with Crippen LogP contribution in [0.2, 0.25) is 0 Å². The molecule has 15 heavy (non-hydrogen) atoms. The maximum absolute atomic E-state index is 13.8. The highest BCUT2D eigenvalue weighted by Crippen LogP contribution is 2.36. The number of nitrogens with one attached hydrogen (secondary N) is 1. The molecule has 5 heteroatoms. The molecule has 0 aromatic carbocycles. The molecule has 2 saturated heterocycles. The SMILES string of the molecule is CC(C)(C)OC(=O)N1CC2(F)CNCC12. The van der Waals surface area contributed by atoms with Crippen molar-refractivity contribution in [2.75, 3.05) is 19.6 Å². The highest BCUT2D eigenvalue weighted by molar-refractivity contribution is 5.70. The van der Waals surface area contributed by atoms with Crippen LogP contribution in [0.1, 0.15) is 20.8 Å². The average Bonchev–Trinajstić information content (AvgIpc) is 2.29. The summed E-state index contributed by atoms with van der Waals surface area (Å²) in [6.07, 6.45) is -0.413. The van der Waals surface area contributed by atoms with Crippen molar-refractivity contribution in [3.05, 3.63) is 0 Å². The number of hydrogen-bond acceptors (Lipinski definition) is 3. The number of hydrogen-bond donors (Lipinski definition) is 1. The van der Waals surface area contributed by atoms with Crippen LogP contribution in [0.5, 0.6) is 0 Å². The Morgan fingerprint density at radius 2 is 2.27 bits per heavy atom. The number of halogens is 1. The zero-order valence-corrected chi connectivity index (χ0v) is 9.34. The molecule has 2 aliphatic heterocycles. The van der Waals surface area contributed by atoms with E-state index in [4.69, 9.17) is 4.74 Å². The summed E-state index contributed by atoms with van der Waals surface area (Å²) < 4.78 is 19.0. The molecule has 2 atom stereocenters. The Balaban J connectivity index is 1.95. The van der Waals surface area contributed by atoms with Gasteiger partial charge < -0.3 is 10.1 Å². The first-order valence-corrected chi connectivity index (χ1v) is 5.21. The van der Waals surface area contributed by atoms with Crippen LogP contribution >= 0.6 is 0 Å². The predicted octanol–water partition coefficient (Wildman–Crippen LogP) is 0.917. The summed E-state index contributed by atoms with van der Waals surface area (Å²) in [4.78, 5) is 13.1. The third kappa shape index (κ3) is 1.80. The van der Waals surface area contributed by atoms with Gasteiger partial charge >= 0.3 is 6.09 Å². The second-order valence-corrected chi connectivity index (χ2v) is 5.29. The monoisotopic (exact) mass is 216 g/mol. The van der Waals surface area contributed by atoms with Crippen molar-refractivity contribution in [3.63, 3.8) is 0 Å². The van der Waals surface area contributed by atoms with Gasteiger partial charge in [0.15, 0.2) is 5.67 Å². The molecule has 4 nitrogen and oxygen atoms in total. The summed E-state index contributed by atoms with van der Waals surface area (Å²) >= 11 is 0. The van der Waals surface area contributed by atoms with Gasteiger partial charge in [-0.3, -0.25) is 4.90 Å². The van der Waals surface area contributed by atoms with Gasteiger partial charge in [0.05, 0.1) is 12.6 Å². The molecule has 0 aromatic rings. The summed E-state index contributed by atoms with van der Waals surface area (Å²) in [5.41, 5.74) is -1.74. The largest absolute Gasteiger partial charge is 0.444 e. The van der Waals surface area contributed by atoms with Gasteiger partial charge in [-0.05, 0) is 20.8 Å². The van der Waals surface area contributed by atoms with E-state index in [1.807, 2.05) is 0 Å². The molecule has 0 spiro atoms. The lowest BCUT2D eigenvalue weighted by atomic mass is 9.89. The fraction of sp³-hybridized carbons (Fsp3) is 0.900. The Labute approximate surface area is 88.8 Å². The molecule has 0 aromatic heterocycles. The van der Waals surface area contributed by atoms with Gasteiger partial charge in [-0.2, -0.15) is 0 Å². The van der Waals surface area contributed by atoms with Crippen molar-refractivity contribution in [2.24, 2.45) is 0 Å². The van der Waals surface area contributed by atoms with E-state index >= 15 is 0 Å². The van der Waals surface area contributed by atoms with E-state index in [9.17, 15) is 9.18 Å². The first-order chi connectivity index (χ1) is 6.82. The van der Waals surface area contributed by atoms with Crippen molar-refractivity contribution in [1.29, 1.82) is 0 Å². The van der Waals surface area contributed by atoms with Crippen LogP contribution < -0.4 is 5.32 Å². The van der Waals surface area contributed by atoms with Crippen molar-refractivity contribution >= 4 is 6.09 Å². The van der Waals surface area contributed by atoms with Crippen LogP contribution in [0.25, 0.3) is 0 Å². The van der Waals surface area contributed by atoms with Crippen molar-refractivity contribution in [3.8, 4) is 0 Å². The van der Waals surface area contributed by atoms with Gasteiger partial charge in [-0.1, -0.05) is 0 Å². The predicted molar refractivity (Wildman–Crippen MR) is 53.4 cm³/mol. The van der Waals surface area contributed by atoms with E-state index in [0.29, 0.717) is 13.1 Å². The van der Waals surface area contributed by atoms with E-state index in [0.717, 1.165) is 0 Å². The van der Waals surface area contributed by atoms with Crippen LogP contribution in [0, 0.1) is 0 Å². The Hall–Kier alpha value is -0.840. The third-order valence-electron chi connectivity index (χ3n) is 2.79. The highest BCUT2D eigenvalue weighted by Gasteiger charge is 2.59. The van der Waals surface area contributed by atoms with Crippen LogP contribution in [-0.4, -0.2) is 47.9 Å². The van der Waals surface area contributed by atoms with Crippen molar-refractivity contribution in [2.45, 2.75) is 38.1 Å². The fourth-order valence-corrected chi connectivity index (χ4v) is 2.06. The molecule has 0 radical (unpaired) electrons. The Kier molecular flexibility index (Phi) is 2.19. The summed E-state index contributed by atoms with van der Waals surface area (Å²) in [6.45, 7) is 6.44. The first kappa shape index (κ1) is 10.7. The van der Waals surface area contributed by atoms with Crippen LogP contribution in [0.15, 0.2) is 0 Å². The molecule has 1 amide bonds. The molecule has 0 bridgehead atoms. The second kappa shape index (κ2) is 3.07. The number of carbonyl (C=O) groups excluding carboxylic acids is 1. The van der Waals surface area contributed by atoms with Crippen LogP contribution in [0.4, 0.5) is 9.18 Å². The molecule has 2 heterocycles. The molecule has 2 unspecified atom stereocenters. The minimum absolute atomic E-state index is 0.152. The smallest absolute Gasteiger partial charge is 0.410 e. The molecule has 2 fully saturated rings. The number of nitrogens with zero attached hydrogens (tertiary/aromatic N) is 1. The molecule has 1 N–H and O–H groups in total. The van der Waals surface area contributed by atoms with E-state index in [-0.39, 0.29) is 12.6 Å². The lowest BCUT2D eigenvalue weighted by Crippen LogP contribution is -2.68. The van der Waals surface area contributed by atoms with Crippen LogP contribution in [0.3, 0.4) is 0 Å². The van der Waals surface area contributed by atoms with Crippen molar-refractivity contribution < 1.29 is 13.9 Å². The minimum atomic E-state index is -1.23. The number of likely N-dealkylation sites (tertiary alicyclic amines) is 1. The Bertz CT molecular complexity index is 290. The van der Waals surface area contributed by atoms with Gasteiger partial charge in [0.2, 0.25) is 0 Å². The molecule has 2 rings (SSSR count). The third-order valence-corrected chi connectivity index (χ3v) is 2.79. The molecule has 86 valence electrons. The molecule has 2 aliphatic rings. The molecule has 0 aliphatic carbocycles. The zero-order valence-electron chi connectivity index (χ0n) is 9.34. The fourth-order valence-electron chi connectivity index (χ4n) is 2.06. The Morgan fingerprint density at radius 1 is 1.60 bits per heavy atom. The molecular weight excluding hydrogens is 199 g/mol. The number of amides is 1. The summed E-state index contributed by atoms with van der Waals surface area (Å²) in [5.74, 6) is 0. The summed E-state index contributed by atoms with van der Waals surface area (Å²) in [6, 6.07) is -0.340. The first-order valence-electron chi connectivity index (χ1n) is 5.21. The van der Waals surface area contributed by atoms with E-state index < -0.39 is 17.4 Å². The normalized spacial score (nSPS) is 34.7. The van der Waals surface area contributed by atoms with Gasteiger partial charge in [0.1, 0.15) is 5.60 Å². The maximum atomic E-state index is 13.8. The van der Waals surface area contributed by atoms with Gasteiger partial charge in [-0.15, -0.1) is 0 Å². The molecular formula is C10H17FN2O2. The molecule has 0 saturated carbocycles. The number of alkyl halides is 1. The van der Waals surface area contributed by atoms with E-state index in [1.54, 1.807) is 20.8 Å². The van der Waals surface area contributed by atoms with Gasteiger partial charge in [0.25, 0.3) is 0 Å². The summed E-state index contributed by atoms with van der Waals surface area (Å²) in [5, 5.41) is 2.95. The lowest BCUT2D eigenvalue weighted by molar-refractivity contribution is -0.0720. The number of fused-ring (bicyclic) bond motifs is 1.